The van der Waals surface area contributed by atoms with Gasteiger partial charge >= 0.3 is 40.9 Å². The quantitative estimate of drug-likeness (QED) is 0.0837. The number of nitrogens with one attached hydrogen (secondary N) is 2. The van der Waals surface area contributed by atoms with E-state index in [-0.39, 0.29) is 48.5 Å². The molecule has 8 bridgehead atoms. The zero-order valence-corrected chi connectivity index (χ0v) is 44.9. The molecule has 0 radical (unpaired) electrons. The summed E-state index contributed by atoms with van der Waals surface area (Å²) in [5.74, 6) is 0.726. The first-order chi connectivity index (χ1) is 38.4. The number of hydrogen-bond acceptors (Lipinski definition) is 5. The van der Waals surface area contributed by atoms with Crippen LogP contribution >= 0.6 is 40.9 Å². The number of ether oxygens (including phenoxy) is 3. The van der Waals surface area contributed by atoms with Gasteiger partial charge in [-0.1, -0.05) is 95.5 Å². The molecule has 452 valence electrons. The maximum absolute atomic E-state index is 15.5. The van der Waals surface area contributed by atoms with Gasteiger partial charge in [-0.05, 0) is 125 Å². The molecule has 4 aromatic carbocycles. The summed E-state index contributed by atoms with van der Waals surface area (Å²) in [6.45, 7) is -2.60. The Morgan fingerprint density at radius 3 is 0.812 bits per heavy atom. The van der Waals surface area contributed by atoms with E-state index < -0.39 is 199 Å². The van der Waals surface area contributed by atoms with Gasteiger partial charge in [0.2, 0.25) is 0 Å². The minimum absolute atomic E-state index is 0.115. The number of halogens is 21. The van der Waals surface area contributed by atoms with Crippen LogP contribution < -0.4 is 14.2 Å². The third-order valence-corrected chi connectivity index (χ3v) is 16.7. The van der Waals surface area contributed by atoms with Crippen LogP contribution in [-0.4, -0.2) is 39.8 Å². The number of rotatable bonds is 14. The molecule has 5 heterocycles. The Morgan fingerprint density at radius 2 is 0.576 bits per heavy atom. The predicted octanol–water partition coefficient (Wildman–Crippen LogP) is 22.1. The van der Waals surface area contributed by atoms with Crippen molar-refractivity contribution in [2.45, 2.75) is 19.6 Å². The normalized spacial score (nSPS) is 16.1. The molecule has 0 spiro atoms. The average molecular weight is 1300 g/mol. The predicted molar refractivity (Wildman–Crippen MR) is 289 cm³/mol. The molecular formula is C53H31F21N4O3S4. The Bertz CT molecular complexity index is 4380. The molecule has 0 atom stereocenters. The van der Waals surface area contributed by atoms with E-state index in [2.05, 4.69) is 19.9 Å². The molecule has 0 aliphatic carbocycles. The molecule has 0 fully saturated rings. The number of nitrogens with zero attached hydrogens (tertiary/aromatic N) is 2. The highest BCUT2D eigenvalue weighted by Gasteiger charge is 2.68. The van der Waals surface area contributed by atoms with Gasteiger partial charge < -0.3 is 24.2 Å². The average Bonchev–Trinajstić information content (AvgIpc) is 1.15. The highest BCUT2D eigenvalue weighted by atomic mass is 32.5. The summed E-state index contributed by atoms with van der Waals surface area (Å²) >= 11 is 0. The molecule has 85 heavy (non-hydrogen) atoms. The Kier molecular flexibility index (Phi) is 12.3. The third kappa shape index (κ3) is 13.2. The first kappa shape index (κ1) is 61.1. The van der Waals surface area contributed by atoms with Crippen molar-refractivity contribution in [1.82, 2.24) is 19.9 Å². The van der Waals surface area contributed by atoms with Crippen LogP contribution in [0.1, 0.15) is 22.8 Å². The molecule has 2 aliphatic rings. The monoisotopic (exact) mass is 1300 g/mol. The summed E-state index contributed by atoms with van der Waals surface area (Å²) < 4.78 is 327. The Balaban J connectivity index is 1.56. The van der Waals surface area contributed by atoms with Gasteiger partial charge in [-0.15, -0.1) is 19.3 Å². The van der Waals surface area contributed by atoms with Gasteiger partial charge in [0.05, 0.1) is 22.8 Å². The number of aromatic amines is 2. The van der Waals surface area contributed by atoms with E-state index in [0.29, 0.717) is 18.2 Å². The lowest BCUT2D eigenvalue weighted by molar-refractivity contribution is 0.353. The fraction of sp³-hybridized carbons (Fsp3) is 0.0566. The van der Waals surface area contributed by atoms with Crippen LogP contribution in [0.3, 0.4) is 0 Å². The first-order valence-electron chi connectivity index (χ1n) is 23.0. The van der Waals surface area contributed by atoms with Gasteiger partial charge in [0.25, 0.3) is 0 Å². The van der Waals surface area contributed by atoms with E-state index >= 15 is 4.39 Å². The van der Waals surface area contributed by atoms with Crippen molar-refractivity contribution in [2.75, 3.05) is 19.8 Å². The number of H-pyrrole nitrogens is 2. The van der Waals surface area contributed by atoms with E-state index in [1.165, 1.54) is 0 Å². The lowest BCUT2D eigenvalue weighted by atomic mass is 10.0. The maximum atomic E-state index is 15.5. The van der Waals surface area contributed by atoms with Crippen molar-refractivity contribution in [3.05, 3.63) is 126 Å². The zero-order valence-electron chi connectivity index (χ0n) is 41.6. The minimum Gasteiger partial charge on any atom is -0.481 e. The van der Waals surface area contributed by atoms with Crippen molar-refractivity contribution in [3.8, 4) is 98.8 Å². The summed E-state index contributed by atoms with van der Waals surface area (Å²) in [6, 6.07) is 4.25. The highest BCUT2D eigenvalue weighted by molar-refractivity contribution is 8.46. The second kappa shape index (κ2) is 17.1. The molecule has 9 rings (SSSR count). The highest BCUT2D eigenvalue weighted by Crippen LogP contribution is 3.04. The smallest absolute Gasteiger partial charge is 0.310 e. The van der Waals surface area contributed by atoms with Gasteiger partial charge in [0.1, 0.15) is 62.5 Å². The maximum Gasteiger partial charge on any atom is 0.310 e. The number of aromatic nitrogens is 4. The standard InChI is InChI=1S/C53H31F21N4O3S4/c1-4-15-79-35-19-31(23-39(27-35)83(60,61,62,63)64)51-44-9-7-42(75-44)50(30-18-34(54)26-38(22-30)82(55,56,57,58)59)43-8-10-45(76-43)52(32-20-36(80-16-5-2)28-40(24-32)84(65,66,67,68)69)47-12-14-49(78-47)53(48-13-11-46(51)77-48)33-21-37(81-17-6-3)29-41(25-33)85(70,71,72,73)74/h1-3,7-14,18-29,75,78H,15-17H2. The van der Waals surface area contributed by atoms with Crippen LogP contribution in [0, 0.1) is 42.8 Å². The third-order valence-electron chi connectivity index (χ3n) is 12.2. The zero-order chi connectivity index (χ0) is 62.8. The van der Waals surface area contributed by atoms with Gasteiger partial charge in [-0.2, -0.15) is 0 Å². The van der Waals surface area contributed by atoms with E-state index in [4.69, 9.17) is 33.5 Å². The Labute approximate surface area is 465 Å². The Hall–Kier alpha value is -8.51. The van der Waals surface area contributed by atoms with Crippen LogP contribution in [-0.2, 0) is 0 Å². The van der Waals surface area contributed by atoms with Gasteiger partial charge in [-0.25, -0.2) is 14.4 Å². The van der Waals surface area contributed by atoms with Crippen molar-refractivity contribution in [1.29, 1.82) is 0 Å². The van der Waals surface area contributed by atoms with Crippen molar-refractivity contribution < 1.29 is 96.3 Å². The van der Waals surface area contributed by atoms with Crippen LogP contribution in [0.5, 0.6) is 17.2 Å². The van der Waals surface area contributed by atoms with E-state index in [0.717, 1.165) is 48.6 Å². The van der Waals surface area contributed by atoms with E-state index in [1.807, 2.05) is 17.8 Å². The summed E-state index contributed by atoms with van der Waals surface area (Å²) in [5.41, 5.74) is -12.4. The molecule has 0 saturated heterocycles. The molecule has 0 saturated carbocycles. The Morgan fingerprint density at radius 1 is 0.341 bits per heavy atom. The van der Waals surface area contributed by atoms with Crippen molar-refractivity contribution >= 4 is 87.3 Å². The van der Waals surface area contributed by atoms with Gasteiger partial charge in [0.15, 0.2) is 0 Å². The molecule has 7 aromatic rings. The number of benzene rings is 4. The second-order valence-corrected chi connectivity index (χ2v) is 28.2. The lowest BCUT2D eigenvalue weighted by Gasteiger charge is -2.40. The number of terminal acetylenes is 3. The molecule has 32 heteroatoms. The molecule has 3 aromatic heterocycles. The van der Waals surface area contributed by atoms with Crippen LogP contribution in [0.4, 0.5) is 82.1 Å². The first-order valence-corrected chi connectivity index (χ1v) is 30.8. The SMILES string of the molecule is C#CCOc1cc(-c2c3nc(c(-c4cc(OCC#C)cc(S(F)(F)(F)(F)F)c4)c4ccc([nH]4)c(-c4cc(OCC#C)cc(S(F)(F)(F)(F)F)c4)c4nc(c(-c5cc(F)cc(S(F)(F)(F)(F)F)c5)c5ccc2[nH]5)C=C4)C=C3)cc(S(F)(F)(F)(F)F)c1. The summed E-state index contributed by atoms with van der Waals surface area (Å²) in [5, 5.41) is 0. The summed E-state index contributed by atoms with van der Waals surface area (Å²) in [4.78, 5) is 3.10. The molecule has 2 N–H and O–H groups in total. The summed E-state index contributed by atoms with van der Waals surface area (Å²) in [7, 11) is -43.4. The molecule has 2 aliphatic heterocycles. The summed E-state index contributed by atoms with van der Waals surface area (Å²) in [6.07, 6.45) is 19.1. The minimum atomic E-state index is -10.9. The van der Waals surface area contributed by atoms with Gasteiger partial charge in [0, 0.05) is 62.5 Å². The fourth-order valence-corrected chi connectivity index (χ4v) is 11.5. The number of hydrogen-bond donors (Lipinski definition) is 2. The van der Waals surface area contributed by atoms with E-state index in [9.17, 15) is 77.7 Å². The van der Waals surface area contributed by atoms with Crippen molar-refractivity contribution in [2.24, 2.45) is 0 Å². The van der Waals surface area contributed by atoms with Crippen LogP contribution in [0.15, 0.2) is 117 Å². The largest absolute Gasteiger partial charge is 0.481 e. The molecule has 0 amide bonds. The van der Waals surface area contributed by atoms with Crippen molar-refractivity contribution in [3.63, 3.8) is 0 Å². The molecule has 0 unspecified atom stereocenters. The number of fused-ring (bicyclic) bond motifs is 8. The van der Waals surface area contributed by atoms with Crippen LogP contribution in [0.25, 0.3) is 90.9 Å². The second-order valence-electron chi connectivity index (χ2n) is 18.6. The van der Waals surface area contributed by atoms with Crippen LogP contribution in [0.2, 0.25) is 0 Å². The van der Waals surface area contributed by atoms with E-state index in [1.54, 1.807) is 0 Å². The molecule has 7 nitrogen and oxygen atoms in total. The lowest BCUT2D eigenvalue weighted by Crippen LogP contribution is -2.07. The fourth-order valence-electron chi connectivity index (χ4n) is 8.79. The van der Waals surface area contributed by atoms with Gasteiger partial charge in [-0.3, -0.25) is 0 Å². The molecular weight excluding hydrogens is 1270 g/mol. The topological polar surface area (TPSA) is 85.1 Å².